The lowest BCUT2D eigenvalue weighted by molar-refractivity contribution is 0.415. The van der Waals surface area contributed by atoms with Crippen LogP contribution in [0.3, 0.4) is 0 Å². The monoisotopic (exact) mass is 233 g/mol. The molecular formula is C11H11N3OS. The summed E-state index contributed by atoms with van der Waals surface area (Å²) in [6, 6.07) is 7.70. The zero-order valence-electron chi connectivity index (χ0n) is 9.04. The molecule has 0 N–H and O–H groups in total. The van der Waals surface area contributed by atoms with Crippen molar-refractivity contribution < 1.29 is 4.74 Å². The van der Waals surface area contributed by atoms with Crippen molar-refractivity contribution in [3.63, 3.8) is 0 Å². The van der Waals surface area contributed by atoms with Crippen molar-refractivity contribution in [2.24, 2.45) is 0 Å². The molecule has 0 amide bonds. The average molecular weight is 233 g/mol. The maximum absolute atomic E-state index is 5.10. The van der Waals surface area contributed by atoms with E-state index in [0.717, 1.165) is 17.0 Å². The van der Waals surface area contributed by atoms with Crippen molar-refractivity contribution in [3.05, 3.63) is 30.5 Å². The Morgan fingerprint density at radius 2 is 1.94 bits per heavy atom. The lowest BCUT2D eigenvalue weighted by Gasteiger charge is -2.03. The third-order valence-corrected chi connectivity index (χ3v) is 2.65. The first-order chi connectivity index (χ1) is 7.83. The third-order valence-electron chi connectivity index (χ3n) is 2.11. The van der Waals surface area contributed by atoms with Crippen molar-refractivity contribution >= 4 is 11.8 Å². The summed E-state index contributed by atoms with van der Waals surface area (Å²) in [4.78, 5) is 4.37. The number of benzene rings is 1. The van der Waals surface area contributed by atoms with E-state index in [9.17, 15) is 0 Å². The van der Waals surface area contributed by atoms with Crippen LogP contribution in [0.5, 0.6) is 5.75 Å². The standard InChI is InChI=1S/C11H11N3OS/c1-15-9-5-3-8(4-6-9)10-7-12-14-11(13-10)16-2/h3-7H,1-2H3. The Hall–Kier alpha value is -1.62. The largest absolute Gasteiger partial charge is 0.497 e. The predicted molar refractivity (Wildman–Crippen MR) is 63.6 cm³/mol. The lowest BCUT2D eigenvalue weighted by atomic mass is 10.1. The van der Waals surface area contributed by atoms with Crippen LogP contribution in [0.1, 0.15) is 0 Å². The van der Waals surface area contributed by atoms with Crippen LogP contribution in [0.2, 0.25) is 0 Å². The van der Waals surface area contributed by atoms with Gasteiger partial charge in [0.15, 0.2) is 0 Å². The molecule has 1 aromatic carbocycles. The van der Waals surface area contributed by atoms with Gasteiger partial charge in [-0.05, 0) is 30.5 Å². The molecule has 0 spiro atoms. The molecule has 0 unspecified atom stereocenters. The van der Waals surface area contributed by atoms with Crippen molar-refractivity contribution in [1.82, 2.24) is 15.2 Å². The van der Waals surface area contributed by atoms with Crippen molar-refractivity contribution in [2.45, 2.75) is 5.16 Å². The Morgan fingerprint density at radius 3 is 2.56 bits per heavy atom. The molecule has 82 valence electrons. The molecule has 16 heavy (non-hydrogen) atoms. The summed E-state index contributed by atoms with van der Waals surface area (Å²) < 4.78 is 5.10. The number of hydrogen-bond acceptors (Lipinski definition) is 5. The first-order valence-electron chi connectivity index (χ1n) is 4.71. The van der Waals surface area contributed by atoms with Crippen LogP contribution in [-0.2, 0) is 0 Å². The summed E-state index contributed by atoms with van der Waals surface area (Å²) in [7, 11) is 1.65. The predicted octanol–water partition coefficient (Wildman–Crippen LogP) is 2.27. The van der Waals surface area contributed by atoms with Gasteiger partial charge in [0.2, 0.25) is 5.16 Å². The lowest BCUT2D eigenvalue weighted by Crippen LogP contribution is -1.92. The number of hydrogen-bond donors (Lipinski definition) is 0. The van der Waals surface area contributed by atoms with Gasteiger partial charge in [-0.25, -0.2) is 4.98 Å². The smallest absolute Gasteiger partial charge is 0.209 e. The van der Waals surface area contributed by atoms with E-state index in [-0.39, 0.29) is 0 Å². The number of nitrogens with zero attached hydrogens (tertiary/aromatic N) is 3. The van der Waals surface area contributed by atoms with Crippen LogP contribution < -0.4 is 4.74 Å². The number of thioether (sulfide) groups is 1. The highest BCUT2D eigenvalue weighted by Crippen LogP contribution is 2.20. The molecule has 0 saturated heterocycles. The first kappa shape index (κ1) is 10.9. The van der Waals surface area contributed by atoms with Gasteiger partial charge in [-0.1, -0.05) is 11.8 Å². The van der Waals surface area contributed by atoms with Crippen LogP contribution in [0.25, 0.3) is 11.3 Å². The third kappa shape index (κ3) is 2.30. The van der Waals surface area contributed by atoms with Crippen LogP contribution in [0.15, 0.2) is 35.6 Å². The fraction of sp³-hybridized carbons (Fsp3) is 0.182. The Morgan fingerprint density at radius 1 is 1.19 bits per heavy atom. The second-order valence-corrected chi connectivity index (χ2v) is 3.83. The minimum atomic E-state index is 0.674. The zero-order chi connectivity index (χ0) is 11.4. The SMILES string of the molecule is COc1ccc(-c2cnnc(SC)n2)cc1. The number of aromatic nitrogens is 3. The van der Waals surface area contributed by atoms with E-state index in [1.165, 1.54) is 11.8 Å². The van der Waals surface area contributed by atoms with Crippen molar-refractivity contribution in [2.75, 3.05) is 13.4 Å². The minimum absolute atomic E-state index is 0.674. The molecule has 0 saturated carbocycles. The molecule has 5 heteroatoms. The van der Waals surface area contributed by atoms with E-state index in [1.54, 1.807) is 13.3 Å². The molecule has 0 radical (unpaired) electrons. The van der Waals surface area contributed by atoms with Crippen LogP contribution in [-0.4, -0.2) is 28.5 Å². The molecule has 1 aromatic heterocycles. The molecule has 0 aliphatic carbocycles. The van der Waals surface area contributed by atoms with E-state index >= 15 is 0 Å². The summed E-state index contributed by atoms with van der Waals surface area (Å²) in [6.07, 6.45) is 3.58. The van der Waals surface area contributed by atoms with Crippen molar-refractivity contribution in [1.29, 1.82) is 0 Å². The van der Waals surface area contributed by atoms with Gasteiger partial charge in [0.1, 0.15) is 5.75 Å². The molecule has 2 rings (SSSR count). The number of methoxy groups -OCH3 is 1. The molecule has 0 aliphatic rings. The van der Waals surface area contributed by atoms with Crippen molar-refractivity contribution in [3.8, 4) is 17.0 Å². The second kappa shape index (κ2) is 4.94. The Bertz CT molecular complexity index is 473. The fourth-order valence-electron chi connectivity index (χ4n) is 1.27. The van der Waals surface area contributed by atoms with E-state index in [4.69, 9.17) is 4.74 Å². The molecular weight excluding hydrogens is 222 g/mol. The molecule has 0 fully saturated rings. The molecule has 2 aromatic rings. The van der Waals surface area contributed by atoms with Gasteiger partial charge in [-0.15, -0.1) is 5.10 Å². The summed E-state index contributed by atoms with van der Waals surface area (Å²) in [5.74, 6) is 0.829. The van der Waals surface area contributed by atoms with Gasteiger partial charge in [0.25, 0.3) is 0 Å². The van der Waals surface area contributed by atoms with Gasteiger partial charge >= 0.3 is 0 Å². The fourth-order valence-corrected chi connectivity index (χ4v) is 1.59. The molecule has 4 nitrogen and oxygen atoms in total. The molecule has 0 aliphatic heterocycles. The highest BCUT2D eigenvalue weighted by molar-refractivity contribution is 7.98. The second-order valence-electron chi connectivity index (χ2n) is 3.06. The normalized spacial score (nSPS) is 10.1. The maximum atomic E-state index is 5.10. The van der Waals surface area contributed by atoms with E-state index in [2.05, 4.69) is 15.2 Å². The van der Waals surface area contributed by atoms with E-state index in [1.807, 2.05) is 30.5 Å². The van der Waals surface area contributed by atoms with Gasteiger partial charge < -0.3 is 4.74 Å². The van der Waals surface area contributed by atoms with Crippen LogP contribution in [0, 0.1) is 0 Å². The Labute approximate surface area is 98.1 Å². The van der Waals surface area contributed by atoms with E-state index < -0.39 is 0 Å². The van der Waals surface area contributed by atoms with Gasteiger partial charge in [-0.3, -0.25) is 0 Å². The zero-order valence-corrected chi connectivity index (χ0v) is 9.86. The topological polar surface area (TPSA) is 47.9 Å². The van der Waals surface area contributed by atoms with E-state index in [0.29, 0.717) is 5.16 Å². The highest BCUT2D eigenvalue weighted by atomic mass is 32.2. The minimum Gasteiger partial charge on any atom is -0.497 e. The summed E-state index contributed by atoms with van der Waals surface area (Å²) in [6.45, 7) is 0. The first-order valence-corrected chi connectivity index (χ1v) is 5.94. The Kier molecular flexibility index (Phi) is 3.36. The van der Waals surface area contributed by atoms with Crippen LogP contribution >= 0.6 is 11.8 Å². The van der Waals surface area contributed by atoms with Gasteiger partial charge in [-0.2, -0.15) is 5.10 Å². The maximum Gasteiger partial charge on any atom is 0.209 e. The summed E-state index contributed by atoms with van der Waals surface area (Å²) in [5, 5.41) is 8.48. The Balaban J connectivity index is 2.34. The molecule has 0 bridgehead atoms. The molecule has 0 atom stereocenters. The molecule has 1 heterocycles. The summed E-state index contributed by atoms with van der Waals surface area (Å²) in [5.41, 5.74) is 1.83. The van der Waals surface area contributed by atoms with Gasteiger partial charge in [0, 0.05) is 5.56 Å². The number of rotatable bonds is 3. The summed E-state index contributed by atoms with van der Waals surface area (Å²) >= 11 is 1.48. The van der Waals surface area contributed by atoms with Gasteiger partial charge in [0.05, 0.1) is 19.0 Å². The quantitative estimate of drug-likeness (QED) is 0.761. The highest BCUT2D eigenvalue weighted by Gasteiger charge is 2.02. The van der Waals surface area contributed by atoms with Crippen LogP contribution in [0.4, 0.5) is 0 Å². The number of ether oxygens (including phenoxy) is 1. The average Bonchev–Trinajstić information content (AvgIpc) is 2.39.